The van der Waals surface area contributed by atoms with E-state index in [2.05, 4.69) is 31.2 Å². The Balaban J connectivity index is 1.95. The molecule has 1 saturated heterocycles. The van der Waals surface area contributed by atoms with E-state index in [0.29, 0.717) is 13.1 Å². The fourth-order valence-electron chi connectivity index (χ4n) is 2.95. The Labute approximate surface area is 150 Å². The summed E-state index contributed by atoms with van der Waals surface area (Å²) in [5.41, 5.74) is 8.63. The molecular formula is C19H30N2O2S. The summed E-state index contributed by atoms with van der Waals surface area (Å²) in [6.45, 7) is 4.26. The number of benzene rings is 1. The first-order chi connectivity index (χ1) is 11.6. The summed E-state index contributed by atoms with van der Waals surface area (Å²) < 4.78 is 5.72. The maximum Gasteiger partial charge on any atom is 0.239 e. The highest BCUT2D eigenvalue weighted by Crippen LogP contribution is 2.15. The highest BCUT2D eigenvalue weighted by atomic mass is 32.2. The summed E-state index contributed by atoms with van der Waals surface area (Å²) in [7, 11) is 0. The molecule has 2 atom stereocenters. The van der Waals surface area contributed by atoms with Crippen LogP contribution in [-0.4, -0.2) is 54.7 Å². The van der Waals surface area contributed by atoms with Crippen molar-refractivity contribution in [2.24, 2.45) is 5.73 Å². The van der Waals surface area contributed by atoms with Gasteiger partial charge in [-0.1, -0.05) is 29.8 Å². The minimum absolute atomic E-state index is 0.0617. The van der Waals surface area contributed by atoms with Gasteiger partial charge in [0.25, 0.3) is 0 Å². The Morgan fingerprint density at radius 2 is 2.17 bits per heavy atom. The van der Waals surface area contributed by atoms with Gasteiger partial charge in [-0.15, -0.1) is 0 Å². The molecule has 0 aliphatic carbocycles. The van der Waals surface area contributed by atoms with Gasteiger partial charge in [0.05, 0.1) is 12.1 Å². The Kier molecular flexibility index (Phi) is 8.09. The molecule has 1 aromatic carbocycles. The molecule has 0 radical (unpaired) electrons. The SMILES string of the molecule is CSCC[C@H](N)C(=O)N(CCc1ccc(C)cc1)CC1CCCO1. The second kappa shape index (κ2) is 10.1. The van der Waals surface area contributed by atoms with Crippen molar-refractivity contribution < 1.29 is 9.53 Å². The number of nitrogens with two attached hydrogens (primary N) is 1. The zero-order valence-corrected chi connectivity index (χ0v) is 15.7. The Hall–Kier alpha value is -1.04. The summed E-state index contributed by atoms with van der Waals surface area (Å²) >= 11 is 1.73. The molecule has 5 heteroatoms. The maximum absolute atomic E-state index is 12.7. The van der Waals surface area contributed by atoms with Crippen LogP contribution in [0, 0.1) is 6.92 Å². The minimum Gasteiger partial charge on any atom is -0.376 e. The van der Waals surface area contributed by atoms with E-state index in [1.165, 1.54) is 11.1 Å². The topological polar surface area (TPSA) is 55.6 Å². The molecule has 4 nitrogen and oxygen atoms in total. The molecule has 1 amide bonds. The van der Waals surface area contributed by atoms with Crippen molar-refractivity contribution in [2.45, 2.75) is 44.8 Å². The van der Waals surface area contributed by atoms with Crippen LogP contribution in [0.15, 0.2) is 24.3 Å². The number of thioether (sulfide) groups is 1. The average Bonchev–Trinajstić information content (AvgIpc) is 3.10. The summed E-state index contributed by atoms with van der Waals surface area (Å²) in [4.78, 5) is 14.7. The van der Waals surface area contributed by atoms with Gasteiger partial charge in [0.2, 0.25) is 5.91 Å². The van der Waals surface area contributed by atoms with Crippen molar-refractivity contribution in [3.05, 3.63) is 35.4 Å². The molecular weight excluding hydrogens is 320 g/mol. The predicted molar refractivity (Wildman–Crippen MR) is 101 cm³/mol. The molecule has 134 valence electrons. The van der Waals surface area contributed by atoms with Gasteiger partial charge < -0.3 is 15.4 Å². The molecule has 1 fully saturated rings. The number of carbonyl (C=O) groups excluding carboxylic acids is 1. The number of amides is 1. The number of carbonyl (C=O) groups is 1. The molecule has 1 unspecified atom stereocenters. The fourth-order valence-corrected chi connectivity index (χ4v) is 3.44. The van der Waals surface area contributed by atoms with Crippen molar-refractivity contribution in [3.8, 4) is 0 Å². The van der Waals surface area contributed by atoms with E-state index < -0.39 is 6.04 Å². The van der Waals surface area contributed by atoms with Crippen LogP contribution in [0.25, 0.3) is 0 Å². The van der Waals surface area contributed by atoms with E-state index in [9.17, 15) is 4.79 Å². The van der Waals surface area contributed by atoms with Crippen molar-refractivity contribution in [3.63, 3.8) is 0 Å². The van der Waals surface area contributed by atoms with Crippen LogP contribution in [0.2, 0.25) is 0 Å². The van der Waals surface area contributed by atoms with E-state index in [1.807, 2.05) is 11.2 Å². The smallest absolute Gasteiger partial charge is 0.239 e. The molecule has 24 heavy (non-hydrogen) atoms. The van der Waals surface area contributed by atoms with Crippen LogP contribution in [0.4, 0.5) is 0 Å². The molecule has 1 aromatic rings. The number of hydrogen-bond acceptors (Lipinski definition) is 4. The van der Waals surface area contributed by atoms with Gasteiger partial charge in [-0.3, -0.25) is 4.79 Å². The number of ether oxygens (including phenoxy) is 1. The first-order valence-electron chi connectivity index (χ1n) is 8.80. The van der Waals surface area contributed by atoms with Gasteiger partial charge in [-0.25, -0.2) is 0 Å². The highest BCUT2D eigenvalue weighted by Gasteiger charge is 2.25. The van der Waals surface area contributed by atoms with Gasteiger partial charge in [-0.2, -0.15) is 11.8 Å². The van der Waals surface area contributed by atoms with Crippen LogP contribution in [0.5, 0.6) is 0 Å². The van der Waals surface area contributed by atoms with Crippen LogP contribution >= 0.6 is 11.8 Å². The summed E-state index contributed by atoms with van der Waals surface area (Å²) in [6, 6.07) is 8.10. The lowest BCUT2D eigenvalue weighted by Crippen LogP contribution is -2.47. The standard InChI is InChI=1S/C19H30N2O2S/c1-15-5-7-16(8-6-15)9-11-21(14-17-4-3-12-23-17)19(22)18(20)10-13-24-2/h5-8,17-18H,3-4,9-14,20H2,1-2H3/t17?,18-/m0/s1. The average molecular weight is 351 g/mol. The van der Waals surface area contributed by atoms with Crippen molar-refractivity contribution >= 4 is 17.7 Å². The first kappa shape index (κ1) is 19.3. The van der Waals surface area contributed by atoms with Gasteiger partial charge in [0, 0.05) is 19.7 Å². The fraction of sp³-hybridized carbons (Fsp3) is 0.632. The zero-order chi connectivity index (χ0) is 17.4. The van der Waals surface area contributed by atoms with E-state index in [1.54, 1.807) is 11.8 Å². The highest BCUT2D eigenvalue weighted by molar-refractivity contribution is 7.98. The molecule has 1 heterocycles. The van der Waals surface area contributed by atoms with Crippen LogP contribution < -0.4 is 5.73 Å². The van der Waals surface area contributed by atoms with Gasteiger partial charge in [0.1, 0.15) is 0 Å². The van der Waals surface area contributed by atoms with Gasteiger partial charge >= 0.3 is 0 Å². The van der Waals surface area contributed by atoms with Gasteiger partial charge in [0.15, 0.2) is 0 Å². The second-order valence-corrected chi connectivity index (χ2v) is 7.53. The van der Waals surface area contributed by atoms with Crippen LogP contribution in [0.1, 0.15) is 30.4 Å². The van der Waals surface area contributed by atoms with E-state index in [4.69, 9.17) is 10.5 Å². The third-order valence-corrected chi connectivity index (χ3v) is 5.14. The largest absolute Gasteiger partial charge is 0.376 e. The maximum atomic E-state index is 12.7. The lowest BCUT2D eigenvalue weighted by atomic mass is 10.1. The molecule has 2 rings (SSSR count). The first-order valence-corrected chi connectivity index (χ1v) is 10.2. The van der Waals surface area contributed by atoms with E-state index in [0.717, 1.165) is 38.0 Å². The quantitative estimate of drug-likeness (QED) is 0.744. The van der Waals surface area contributed by atoms with Gasteiger partial charge in [-0.05, 0) is 50.2 Å². The lowest BCUT2D eigenvalue weighted by molar-refractivity contribution is -0.134. The van der Waals surface area contributed by atoms with Crippen molar-refractivity contribution in [1.82, 2.24) is 4.90 Å². The van der Waals surface area contributed by atoms with E-state index >= 15 is 0 Å². The zero-order valence-electron chi connectivity index (χ0n) is 14.9. The number of hydrogen-bond donors (Lipinski definition) is 1. The third-order valence-electron chi connectivity index (χ3n) is 4.50. The predicted octanol–water partition coefficient (Wildman–Crippen LogP) is 2.63. The molecule has 2 N–H and O–H groups in total. The Morgan fingerprint density at radius 1 is 1.42 bits per heavy atom. The second-order valence-electron chi connectivity index (χ2n) is 6.54. The molecule has 1 aliphatic rings. The van der Waals surface area contributed by atoms with Crippen molar-refractivity contribution in [2.75, 3.05) is 31.7 Å². The van der Waals surface area contributed by atoms with Crippen LogP contribution in [-0.2, 0) is 16.0 Å². The third kappa shape index (κ3) is 6.11. The molecule has 0 spiro atoms. The summed E-state index contributed by atoms with van der Waals surface area (Å²) in [5, 5.41) is 0. The number of aryl methyl sites for hydroxylation is 1. The lowest BCUT2D eigenvalue weighted by Gasteiger charge is -2.28. The van der Waals surface area contributed by atoms with E-state index in [-0.39, 0.29) is 12.0 Å². The normalized spacial score (nSPS) is 18.5. The monoisotopic (exact) mass is 350 g/mol. The Bertz CT molecular complexity index is 501. The Morgan fingerprint density at radius 3 is 2.79 bits per heavy atom. The number of nitrogens with zero attached hydrogens (tertiary/aromatic N) is 1. The number of rotatable bonds is 9. The molecule has 0 bridgehead atoms. The molecule has 0 saturated carbocycles. The molecule has 0 aromatic heterocycles. The summed E-state index contributed by atoms with van der Waals surface area (Å²) in [5.74, 6) is 0.977. The van der Waals surface area contributed by atoms with Crippen molar-refractivity contribution in [1.29, 1.82) is 0 Å². The minimum atomic E-state index is -0.406. The van der Waals surface area contributed by atoms with Crippen LogP contribution in [0.3, 0.4) is 0 Å². The molecule has 1 aliphatic heterocycles. The summed E-state index contributed by atoms with van der Waals surface area (Å²) in [6.07, 6.45) is 5.91.